The van der Waals surface area contributed by atoms with Crippen LogP contribution in [0.25, 0.3) is 20.4 Å². The normalized spacial score (nSPS) is 18.9. The van der Waals surface area contributed by atoms with Crippen molar-refractivity contribution >= 4 is 55.9 Å². The van der Waals surface area contributed by atoms with Gasteiger partial charge in [0.15, 0.2) is 0 Å². The molecule has 9 heteroatoms. The van der Waals surface area contributed by atoms with Gasteiger partial charge in [0.1, 0.15) is 20.9 Å². The van der Waals surface area contributed by atoms with Gasteiger partial charge in [0.2, 0.25) is 11.8 Å². The standard InChI is InChI=1S/C24H32N6OS.ClH/c1-2-31-22-20-19(26-24(28-22)30-14-10-25-11-15-30)18-16-8-4-5-9-17(16)21(27-23(18)32-20)29-12-6-3-7-13-29;/h25H,2-15H2,1H3;1H. The van der Waals surface area contributed by atoms with Crippen molar-refractivity contribution in [1.82, 2.24) is 20.3 Å². The number of fused-ring (bicyclic) bond motifs is 5. The molecule has 6 rings (SSSR count). The molecule has 5 heterocycles. The number of anilines is 2. The molecule has 2 saturated heterocycles. The molecule has 3 aromatic heterocycles. The molecular weight excluding hydrogens is 456 g/mol. The molecule has 0 atom stereocenters. The summed E-state index contributed by atoms with van der Waals surface area (Å²) in [4.78, 5) is 21.2. The second-order valence-corrected chi connectivity index (χ2v) is 10.1. The monoisotopic (exact) mass is 488 g/mol. The Hall–Kier alpha value is -1.90. The first-order valence-electron chi connectivity index (χ1n) is 12.3. The van der Waals surface area contributed by atoms with Gasteiger partial charge in [-0.05, 0) is 63.0 Å². The molecule has 0 amide bonds. The number of aryl methyl sites for hydroxylation is 1. The van der Waals surface area contributed by atoms with E-state index in [1.165, 1.54) is 54.4 Å². The number of ether oxygens (including phenoxy) is 1. The van der Waals surface area contributed by atoms with Crippen LogP contribution >= 0.6 is 23.7 Å². The zero-order chi connectivity index (χ0) is 21.5. The molecular formula is C24H33ClN6OS. The highest BCUT2D eigenvalue weighted by Crippen LogP contribution is 2.44. The van der Waals surface area contributed by atoms with E-state index in [2.05, 4.69) is 15.1 Å². The van der Waals surface area contributed by atoms with Crippen molar-refractivity contribution < 1.29 is 4.74 Å². The molecule has 1 aliphatic carbocycles. The second kappa shape index (κ2) is 9.76. The Kier molecular flexibility index (Phi) is 6.77. The molecule has 1 N–H and O–H groups in total. The van der Waals surface area contributed by atoms with Crippen LogP contribution in [0.15, 0.2) is 0 Å². The number of hydrogen-bond donors (Lipinski definition) is 1. The van der Waals surface area contributed by atoms with E-state index in [-0.39, 0.29) is 12.4 Å². The Balaban J connectivity index is 0.00000228. The smallest absolute Gasteiger partial charge is 0.236 e. The maximum atomic E-state index is 6.05. The summed E-state index contributed by atoms with van der Waals surface area (Å²) in [6.45, 7) is 8.67. The molecule has 3 aromatic rings. The van der Waals surface area contributed by atoms with Crippen molar-refractivity contribution in [3.8, 4) is 5.88 Å². The Bertz CT molecular complexity index is 1140. The lowest BCUT2D eigenvalue weighted by atomic mass is 9.89. The van der Waals surface area contributed by atoms with Gasteiger partial charge in [-0.1, -0.05) is 0 Å². The number of rotatable bonds is 4. The van der Waals surface area contributed by atoms with Gasteiger partial charge < -0.3 is 19.9 Å². The zero-order valence-corrected chi connectivity index (χ0v) is 21.0. The highest BCUT2D eigenvalue weighted by molar-refractivity contribution is 7.25. The van der Waals surface area contributed by atoms with Crippen LogP contribution in [0.5, 0.6) is 5.88 Å². The van der Waals surface area contributed by atoms with E-state index >= 15 is 0 Å². The third-order valence-corrected chi connectivity index (χ3v) is 8.12. The molecule has 0 spiro atoms. The minimum Gasteiger partial charge on any atom is -0.477 e. The zero-order valence-electron chi connectivity index (χ0n) is 19.4. The van der Waals surface area contributed by atoms with Gasteiger partial charge in [0.25, 0.3) is 0 Å². The lowest BCUT2D eigenvalue weighted by molar-refractivity contribution is 0.331. The molecule has 2 aliphatic heterocycles. The minimum atomic E-state index is 0. The maximum Gasteiger partial charge on any atom is 0.236 e. The van der Waals surface area contributed by atoms with Gasteiger partial charge in [0, 0.05) is 44.7 Å². The molecule has 0 aromatic carbocycles. The van der Waals surface area contributed by atoms with Crippen LogP contribution in [0.4, 0.5) is 11.8 Å². The number of halogens is 1. The highest BCUT2D eigenvalue weighted by Gasteiger charge is 2.27. The van der Waals surface area contributed by atoms with Crippen LogP contribution in [0.2, 0.25) is 0 Å². The van der Waals surface area contributed by atoms with Gasteiger partial charge >= 0.3 is 0 Å². The summed E-state index contributed by atoms with van der Waals surface area (Å²) < 4.78 is 7.10. The fraction of sp³-hybridized carbons (Fsp3) is 0.625. The van der Waals surface area contributed by atoms with Crippen LogP contribution in [-0.2, 0) is 12.8 Å². The molecule has 178 valence electrons. The van der Waals surface area contributed by atoms with E-state index in [0.717, 1.165) is 79.0 Å². The van der Waals surface area contributed by atoms with Gasteiger partial charge in [-0.2, -0.15) is 4.98 Å². The number of nitrogens with zero attached hydrogens (tertiary/aromatic N) is 5. The van der Waals surface area contributed by atoms with Crippen molar-refractivity contribution in [2.75, 3.05) is 55.7 Å². The third-order valence-electron chi connectivity index (χ3n) is 7.06. The van der Waals surface area contributed by atoms with Crippen LogP contribution < -0.4 is 19.9 Å². The Morgan fingerprint density at radius 3 is 2.39 bits per heavy atom. The number of thiophene rings is 1. The van der Waals surface area contributed by atoms with E-state index in [1.807, 2.05) is 6.92 Å². The van der Waals surface area contributed by atoms with E-state index < -0.39 is 0 Å². The summed E-state index contributed by atoms with van der Waals surface area (Å²) >= 11 is 1.72. The molecule has 0 bridgehead atoms. The van der Waals surface area contributed by atoms with Crippen LogP contribution in [-0.4, -0.2) is 60.8 Å². The number of nitrogens with one attached hydrogen (secondary N) is 1. The molecule has 3 aliphatic rings. The fourth-order valence-electron chi connectivity index (χ4n) is 5.48. The minimum absolute atomic E-state index is 0. The van der Waals surface area contributed by atoms with Crippen LogP contribution in [0.3, 0.4) is 0 Å². The second-order valence-electron chi connectivity index (χ2n) is 9.11. The van der Waals surface area contributed by atoms with Crippen molar-refractivity contribution in [3.63, 3.8) is 0 Å². The largest absolute Gasteiger partial charge is 0.477 e. The summed E-state index contributed by atoms with van der Waals surface area (Å²) in [5.41, 5.74) is 4.01. The van der Waals surface area contributed by atoms with E-state index in [0.29, 0.717) is 6.61 Å². The topological polar surface area (TPSA) is 66.4 Å². The van der Waals surface area contributed by atoms with Crippen LogP contribution in [0, 0.1) is 0 Å². The van der Waals surface area contributed by atoms with E-state index in [9.17, 15) is 0 Å². The molecule has 33 heavy (non-hydrogen) atoms. The predicted octanol–water partition coefficient (Wildman–Crippen LogP) is 4.34. The molecule has 2 fully saturated rings. The molecule has 0 saturated carbocycles. The van der Waals surface area contributed by atoms with Crippen molar-refractivity contribution in [1.29, 1.82) is 0 Å². The Labute approximate surface area is 205 Å². The van der Waals surface area contributed by atoms with Crippen molar-refractivity contribution in [2.45, 2.75) is 51.9 Å². The summed E-state index contributed by atoms with van der Waals surface area (Å²) in [6, 6.07) is 0. The van der Waals surface area contributed by atoms with Gasteiger partial charge in [-0.15, -0.1) is 23.7 Å². The fourth-order valence-corrected chi connectivity index (χ4v) is 6.56. The van der Waals surface area contributed by atoms with Crippen molar-refractivity contribution in [3.05, 3.63) is 11.1 Å². The quantitative estimate of drug-likeness (QED) is 0.586. The average Bonchev–Trinajstić information content (AvgIpc) is 3.24. The SMILES string of the molecule is CCOc1nc(N2CCNCC2)nc2c1sc1nc(N3CCCCC3)c3c(c12)CCCC3.Cl. The molecule has 0 unspecified atom stereocenters. The maximum absolute atomic E-state index is 6.05. The summed E-state index contributed by atoms with van der Waals surface area (Å²) in [7, 11) is 0. The van der Waals surface area contributed by atoms with Gasteiger partial charge in [-0.3, -0.25) is 0 Å². The summed E-state index contributed by atoms with van der Waals surface area (Å²) in [5.74, 6) is 2.76. The van der Waals surface area contributed by atoms with E-state index in [4.69, 9.17) is 19.7 Å². The third kappa shape index (κ3) is 4.10. The highest BCUT2D eigenvalue weighted by atomic mass is 35.5. The lowest BCUT2D eigenvalue weighted by Crippen LogP contribution is -2.44. The number of pyridine rings is 1. The first kappa shape index (κ1) is 22.9. The van der Waals surface area contributed by atoms with Crippen LogP contribution in [0.1, 0.15) is 50.2 Å². The first-order chi connectivity index (χ1) is 15.8. The average molecular weight is 489 g/mol. The molecule has 7 nitrogen and oxygen atoms in total. The predicted molar refractivity (Wildman–Crippen MR) is 139 cm³/mol. The number of aromatic nitrogens is 3. The lowest BCUT2D eigenvalue weighted by Gasteiger charge is -2.31. The molecule has 0 radical (unpaired) electrons. The van der Waals surface area contributed by atoms with Crippen molar-refractivity contribution in [2.24, 2.45) is 0 Å². The number of piperidine rings is 1. The Morgan fingerprint density at radius 1 is 0.879 bits per heavy atom. The summed E-state index contributed by atoms with van der Waals surface area (Å²) in [6.07, 6.45) is 8.65. The van der Waals surface area contributed by atoms with Gasteiger partial charge in [-0.25, -0.2) is 9.97 Å². The van der Waals surface area contributed by atoms with Gasteiger partial charge in [0.05, 0.1) is 6.61 Å². The summed E-state index contributed by atoms with van der Waals surface area (Å²) in [5, 5.41) is 4.69. The number of hydrogen-bond acceptors (Lipinski definition) is 8. The first-order valence-corrected chi connectivity index (χ1v) is 13.1. The Morgan fingerprint density at radius 2 is 1.64 bits per heavy atom. The van der Waals surface area contributed by atoms with E-state index in [1.54, 1.807) is 11.3 Å². The number of piperazine rings is 1.